The van der Waals surface area contributed by atoms with Gasteiger partial charge in [-0.15, -0.1) is 0 Å². The first-order chi connectivity index (χ1) is 14.6. The molecule has 1 heterocycles. The molecule has 0 spiro atoms. The molecule has 0 atom stereocenters. The average molecular weight is 451 g/mol. The minimum Gasteiger partial charge on any atom is -0.457 e. The molecule has 3 aromatic rings. The van der Waals surface area contributed by atoms with Gasteiger partial charge in [-0.2, -0.15) is 13.2 Å². The summed E-state index contributed by atoms with van der Waals surface area (Å²) in [5, 5.41) is 1.72. The lowest BCUT2D eigenvalue weighted by atomic mass is 10.2. The molecular formula is C20H16F3N3O4S. The molecule has 0 aliphatic heterocycles. The third-order valence-corrected chi connectivity index (χ3v) is 5.27. The first-order valence-electron chi connectivity index (χ1n) is 8.78. The van der Waals surface area contributed by atoms with Crippen molar-refractivity contribution in [1.29, 1.82) is 0 Å². The number of nitrogens with one attached hydrogen (secondary N) is 2. The number of amides is 1. The third-order valence-electron chi connectivity index (χ3n) is 3.87. The van der Waals surface area contributed by atoms with Gasteiger partial charge in [0.1, 0.15) is 18.0 Å². The summed E-state index contributed by atoms with van der Waals surface area (Å²) in [5.74, 6) is 0.102. The molecule has 0 saturated carbocycles. The Labute approximate surface area is 175 Å². The van der Waals surface area contributed by atoms with Crippen LogP contribution in [0, 0.1) is 0 Å². The van der Waals surface area contributed by atoms with E-state index >= 15 is 0 Å². The van der Waals surface area contributed by atoms with Gasteiger partial charge in [0.2, 0.25) is 0 Å². The van der Waals surface area contributed by atoms with Gasteiger partial charge in [-0.3, -0.25) is 14.5 Å². The van der Waals surface area contributed by atoms with Crippen molar-refractivity contribution in [2.24, 2.45) is 0 Å². The molecule has 3 rings (SSSR count). The molecule has 0 unspecified atom stereocenters. The van der Waals surface area contributed by atoms with E-state index in [1.807, 2.05) is 0 Å². The van der Waals surface area contributed by atoms with Crippen molar-refractivity contribution in [3.63, 3.8) is 0 Å². The fourth-order valence-electron chi connectivity index (χ4n) is 2.42. The molecule has 1 aromatic heterocycles. The van der Waals surface area contributed by atoms with Crippen LogP contribution in [0.4, 0.5) is 18.9 Å². The van der Waals surface area contributed by atoms with Crippen LogP contribution in [-0.2, 0) is 10.0 Å². The molecule has 0 saturated heterocycles. The summed E-state index contributed by atoms with van der Waals surface area (Å²) in [4.78, 5) is 15.4. The van der Waals surface area contributed by atoms with Crippen molar-refractivity contribution < 1.29 is 31.1 Å². The molecular weight excluding hydrogens is 435 g/mol. The molecule has 0 radical (unpaired) electrons. The van der Waals surface area contributed by atoms with Gasteiger partial charge in [-0.1, -0.05) is 0 Å². The molecule has 31 heavy (non-hydrogen) atoms. The molecule has 1 amide bonds. The van der Waals surface area contributed by atoms with E-state index in [1.54, 1.807) is 42.0 Å². The summed E-state index contributed by atoms with van der Waals surface area (Å²) in [5.41, 5.74) is 0.176. The first kappa shape index (κ1) is 22.1. The predicted molar refractivity (Wildman–Crippen MR) is 106 cm³/mol. The first-order valence-corrected chi connectivity index (χ1v) is 10.3. The number of sulfonamides is 1. The van der Waals surface area contributed by atoms with Crippen molar-refractivity contribution in [3.8, 4) is 11.5 Å². The number of pyridine rings is 1. The fourth-order valence-corrected chi connectivity index (χ4v) is 3.47. The Kier molecular flexibility index (Phi) is 6.44. The SMILES string of the molecule is O=C(NCC(F)(F)F)c1ccc(S(=O)(=O)Nc2ccc(Oc3ccncc3)cc2)cc1. The summed E-state index contributed by atoms with van der Waals surface area (Å²) in [7, 11) is -3.97. The Morgan fingerprint density at radius 3 is 2.06 bits per heavy atom. The second-order valence-electron chi connectivity index (χ2n) is 6.24. The van der Waals surface area contributed by atoms with Gasteiger partial charge in [0.25, 0.3) is 15.9 Å². The number of rotatable bonds is 7. The average Bonchev–Trinajstić information content (AvgIpc) is 2.73. The zero-order chi connectivity index (χ0) is 22.5. The number of carbonyl (C=O) groups is 1. The lowest BCUT2D eigenvalue weighted by Crippen LogP contribution is -2.33. The summed E-state index contributed by atoms with van der Waals surface area (Å²) in [6, 6.07) is 14.0. The van der Waals surface area contributed by atoms with Crippen molar-refractivity contribution in [1.82, 2.24) is 10.3 Å². The molecule has 0 aliphatic rings. The lowest BCUT2D eigenvalue weighted by molar-refractivity contribution is -0.123. The van der Waals surface area contributed by atoms with Gasteiger partial charge < -0.3 is 10.1 Å². The number of hydrogen-bond donors (Lipinski definition) is 2. The quantitative estimate of drug-likeness (QED) is 0.567. The monoisotopic (exact) mass is 451 g/mol. The van der Waals surface area contributed by atoms with E-state index in [0.29, 0.717) is 11.5 Å². The summed E-state index contributed by atoms with van der Waals surface area (Å²) in [6.45, 7) is -1.48. The number of nitrogens with zero attached hydrogens (tertiary/aromatic N) is 1. The summed E-state index contributed by atoms with van der Waals surface area (Å²) >= 11 is 0. The standard InChI is InChI=1S/C20H16F3N3O4S/c21-20(22,23)13-25-19(27)14-1-7-18(8-2-14)31(28,29)26-15-3-5-16(6-4-15)30-17-9-11-24-12-10-17/h1-12,26H,13H2,(H,25,27). The van der Waals surface area contributed by atoms with E-state index in [2.05, 4.69) is 9.71 Å². The Balaban J connectivity index is 1.64. The number of carbonyl (C=O) groups excluding carboxylic acids is 1. The zero-order valence-electron chi connectivity index (χ0n) is 15.8. The van der Waals surface area contributed by atoms with Gasteiger partial charge >= 0.3 is 6.18 Å². The van der Waals surface area contributed by atoms with Crippen molar-refractivity contribution in [2.75, 3.05) is 11.3 Å². The van der Waals surface area contributed by atoms with Crippen LogP contribution in [0.15, 0.2) is 78.0 Å². The van der Waals surface area contributed by atoms with Crippen molar-refractivity contribution >= 4 is 21.6 Å². The van der Waals surface area contributed by atoms with Crippen molar-refractivity contribution in [3.05, 3.63) is 78.6 Å². The van der Waals surface area contributed by atoms with Crippen LogP contribution in [0.2, 0.25) is 0 Å². The maximum Gasteiger partial charge on any atom is 0.405 e. The topological polar surface area (TPSA) is 97.4 Å². The smallest absolute Gasteiger partial charge is 0.405 e. The van der Waals surface area contributed by atoms with E-state index < -0.39 is 28.7 Å². The van der Waals surface area contributed by atoms with Gasteiger partial charge in [0.05, 0.1) is 4.90 Å². The minimum absolute atomic E-state index is 0.0965. The van der Waals surface area contributed by atoms with Crippen LogP contribution in [0.3, 0.4) is 0 Å². The third kappa shape index (κ3) is 6.44. The van der Waals surface area contributed by atoms with Gasteiger partial charge in [0, 0.05) is 23.6 Å². The van der Waals surface area contributed by atoms with E-state index in [4.69, 9.17) is 4.74 Å². The molecule has 11 heteroatoms. The molecule has 0 fully saturated rings. The number of anilines is 1. The minimum atomic E-state index is -4.54. The highest BCUT2D eigenvalue weighted by Gasteiger charge is 2.28. The zero-order valence-corrected chi connectivity index (χ0v) is 16.6. The lowest BCUT2D eigenvalue weighted by Gasteiger charge is -2.11. The molecule has 0 aliphatic carbocycles. The molecule has 162 valence electrons. The molecule has 2 N–H and O–H groups in total. The Morgan fingerprint density at radius 2 is 1.48 bits per heavy atom. The number of halogens is 3. The van der Waals surface area contributed by atoms with E-state index in [-0.39, 0.29) is 16.1 Å². The van der Waals surface area contributed by atoms with Crippen LogP contribution in [-0.4, -0.2) is 32.0 Å². The molecule has 2 aromatic carbocycles. The summed E-state index contributed by atoms with van der Waals surface area (Å²) in [6.07, 6.45) is -1.39. The van der Waals surface area contributed by atoms with E-state index in [0.717, 1.165) is 24.3 Å². The maximum absolute atomic E-state index is 12.5. The van der Waals surface area contributed by atoms with Crippen molar-refractivity contribution in [2.45, 2.75) is 11.1 Å². The molecule has 0 bridgehead atoms. The Bertz CT molecular complexity index is 1140. The Hall–Kier alpha value is -3.60. The largest absolute Gasteiger partial charge is 0.457 e. The second-order valence-corrected chi connectivity index (χ2v) is 7.92. The van der Waals surface area contributed by atoms with Crippen LogP contribution in [0.25, 0.3) is 0 Å². The maximum atomic E-state index is 12.5. The highest BCUT2D eigenvalue weighted by molar-refractivity contribution is 7.92. The number of aromatic nitrogens is 1. The van der Waals surface area contributed by atoms with Gasteiger partial charge in [0.15, 0.2) is 0 Å². The Morgan fingerprint density at radius 1 is 0.903 bits per heavy atom. The van der Waals surface area contributed by atoms with Crippen LogP contribution >= 0.6 is 0 Å². The highest BCUT2D eigenvalue weighted by Crippen LogP contribution is 2.24. The number of hydrogen-bond acceptors (Lipinski definition) is 5. The van der Waals surface area contributed by atoms with Crippen LogP contribution < -0.4 is 14.8 Å². The van der Waals surface area contributed by atoms with Crippen LogP contribution in [0.5, 0.6) is 11.5 Å². The van der Waals surface area contributed by atoms with E-state index in [1.165, 1.54) is 12.1 Å². The fraction of sp³-hybridized carbons (Fsp3) is 0.100. The van der Waals surface area contributed by atoms with E-state index in [9.17, 15) is 26.4 Å². The predicted octanol–water partition coefficient (Wildman–Crippen LogP) is 3.97. The highest BCUT2D eigenvalue weighted by atomic mass is 32.2. The van der Waals surface area contributed by atoms with Gasteiger partial charge in [-0.25, -0.2) is 8.42 Å². The van der Waals surface area contributed by atoms with Gasteiger partial charge in [-0.05, 0) is 60.7 Å². The number of alkyl halides is 3. The van der Waals surface area contributed by atoms with Crippen LogP contribution in [0.1, 0.15) is 10.4 Å². The second kappa shape index (κ2) is 9.04. The number of benzene rings is 2. The number of ether oxygens (including phenoxy) is 1. The summed E-state index contributed by atoms with van der Waals surface area (Å²) < 4.78 is 69.6. The molecule has 7 nitrogen and oxygen atoms in total. The normalized spacial score (nSPS) is 11.6.